The second-order valence-electron chi connectivity index (χ2n) is 6.64. The Morgan fingerprint density at radius 3 is 1.96 bits per heavy atom. The molecule has 0 saturated heterocycles. The second kappa shape index (κ2) is 19.4. The van der Waals surface area contributed by atoms with Crippen molar-refractivity contribution in [3.8, 4) is 0 Å². The minimum absolute atomic E-state index is 0.223. The molecule has 0 spiro atoms. The van der Waals surface area contributed by atoms with Gasteiger partial charge in [-0.2, -0.15) is 0 Å². The lowest BCUT2D eigenvalue weighted by atomic mass is 10.1. The highest BCUT2D eigenvalue weighted by Crippen LogP contribution is 2.07. The fraction of sp³-hybridized carbons (Fsp3) is 0.810. The third-order valence-corrected chi connectivity index (χ3v) is 3.99. The monoisotopic (exact) mass is 323 g/mol. The van der Waals surface area contributed by atoms with Gasteiger partial charge in [-0.1, -0.05) is 69.8 Å². The molecule has 1 unspecified atom stereocenters. The van der Waals surface area contributed by atoms with Gasteiger partial charge in [0.05, 0.1) is 6.10 Å². The lowest BCUT2D eigenvalue weighted by molar-refractivity contribution is 0.191. The van der Waals surface area contributed by atoms with E-state index in [0.717, 1.165) is 19.5 Å². The molecular weight excluding hydrogens is 282 g/mol. The van der Waals surface area contributed by atoms with Crippen molar-refractivity contribution >= 4 is 0 Å². The molecule has 2 heteroatoms. The SMILES string of the molecule is CCCCCC=CCC=CCCCCCCCCNCC(C)O. The van der Waals surface area contributed by atoms with Crippen LogP contribution in [0.25, 0.3) is 0 Å². The number of nitrogens with one attached hydrogen (secondary N) is 1. The van der Waals surface area contributed by atoms with Crippen LogP contribution in [-0.4, -0.2) is 24.3 Å². The minimum Gasteiger partial charge on any atom is -0.392 e. The van der Waals surface area contributed by atoms with Crippen LogP contribution in [0.4, 0.5) is 0 Å². The molecule has 0 fully saturated rings. The lowest BCUT2D eigenvalue weighted by Gasteiger charge is -2.06. The van der Waals surface area contributed by atoms with Gasteiger partial charge in [0.1, 0.15) is 0 Å². The highest BCUT2D eigenvalue weighted by atomic mass is 16.3. The zero-order chi connectivity index (χ0) is 17.0. The molecule has 2 N–H and O–H groups in total. The molecule has 1 atom stereocenters. The van der Waals surface area contributed by atoms with Gasteiger partial charge in [-0.3, -0.25) is 0 Å². The molecule has 0 aromatic heterocycles. The highest BCUT2D eigenvalue weighted by molar-refractivity contribution is 4.92. The number of aliphatic hydroxyl groups is 1. The summed E-state index contributed by atoms with van der Waals surface area (Å²) in [6.07, 6.45) is 24.6. The summed E-state index contributed by atoms with van der Waals surface area (Å²) in [5.74, 6) is 0. The van der Waals surface area contributed by atoms with Crippen LogP contribution in [0.3, 0.4) is 0 Å². The van der Waals surface area contributed by atoms with Crippen molar-refractivity contribution in [2.24, 2.45) is 0 Å². The lowest BCUT2D eigenvalue weighted by Crippen LogP contribution is -2.25. The molecular formula is C21H41NO. The Morgan fingerprint density at radius 1 is 0.783 bits per heavy atom. The topological polar surface area (TPSA) is 32.3 Å². The Hall–Kier alpha value is -0.600. The number of unbranched alkanes of at least 4 members (excludes halogenated alkanes) is 9. The number of allylic oxidation sites excluding steroid dienone is 4. The maximum atomic E-state index is 9.12. The molecule has 136 valence electrons. The molecule has 0 aliphatic rings. The molecule has 23 heavy (non-hydrogen) atoms. The molecule has 0 amide bonds. The minimum atomic E-state index is -0.223. The summed E-state index contributed by atoms with van der Waals surface area (Å²) in [4.78, 5) is 0. The molecule has 0 aromatic carbocycles. The predicted octanol–water partition coefficient (Wildman–Crippen LogP) is 5.77. The van der Waals surface area contributed by atoms with Gasteiger partial charge in [-0.15, -0.1) is 0 Å². The standard InChI is InChI=1S/C21H41NO/c1-3-4-5-6-7-8-9-10-11-12-13-14-15-16-17-18-19-22-20-21(2)23/h7-8,10-11,21-23H,3-6,9,12-20H2,1-2H3. The first-order valence-corrected chi connectivity index (χ1v) is 9.96. The van der Waals surface area contributed by atoms with Crippen molar-refractivity contribution < 1.29 is 5.11 Å². The summed E-state index contributed by atoms with van der Waals surface area (Å²) >= 11 is 0. The van der Waals surface area contributed by atoms with Crippen LogP contribution < -0.4 is 5.32 Å². The first kappa shape index (κ1) is 22.4. The number of hydrogen-bond donors (Lipinski definition) is 2. The zero-order valence-electron chi connectivity index (χ0n) is 15.7. The molecule has 0 heterocycles. The van der Waals surface area contributed by atoms with Gasteiger partial charge in [-0.25, -0.2) is 0 Å². The van der Waals surface area contributed by atoms with E-state index in [2.05, 4.69) is 36.5 Å². The van der Waals surface area contributed by atoms with E-state index in [1.807, 2.05) is 6.92 Å². The van der Waals surface area contributed by atoms with Crippen LogP contribution in [0.2, 0.25) is 0 Å². The zero-order valence-corrected chi connectivity index (χ0v) is 15.7. The van der Waals surface area contributed by atoms with E-state index in [9.17, 15) is 0 Å². The fourth-order valence-electron chi connectivity index (χ4n) is 2.55. The molecule has 0 saturated carbocycles. The molecule has 0 aliphatic heterocycles. The third kappa shape index (κ3) is 21.4. The largest absolute Gasteiger partial charge is 0.392 e. The smallest absolute Gasteiger partial charge is 0.0636 e. The molecule has 2 nitrogen and oxygen atoms in total. The molecule has 0 bridgehead atoms. The van der Waals surface area contributed by atoms with Crippen molar-refractivity contribution in [3.63, 3.8) is 0 Å². The van der Waals surface area contributed by atoms with Gasteiger partial charge in [0.15, 0.2) is 0 Å². The van der Waals surface area contributed by atoms with E-state index in [1.54, 1.807) is 0 Å². The first-order chi connectivity index (χ1) is 11.3. The Morgan fingerprint density at radius 2 is 1.35 bits per heavy atom. The van der Waals surface area contributed by atoms with Crippen LogP contribution in [0.1, 0.15) is 90.9 Å². The fourth-order valence-corrected chi connectivity index (χ4v) is 2.55. The Bertz CT molecular complexity index is 271. The van der Waals surface area contributed by atoms with Crippen LogP contribution in [-0.2, 0) is 0 Å². The van der Waals surface area contributed by atoms with Crippen LogP contribution in [0.5, 0.6) is 0 Å². The van der Waals surface area contributed by atoms with Gasteiger partial charge in [0.2, 0.25) is 0 Å². The van der Waals surface area contributed by atoms with Gasteiger partial charge < -0.3 is 10.4 Å². The van der Waals surface area contributed by atoms with Crippen molar-refractivity contribution in [3.05, 3.63) is 24.3 Å². The summed E-state index contributed by atoms with van der Waals surface area (Å²) in [6.45, 7) is 5.84. The Labute approximate surface area is 145 Å². The number of rotatable bonds is 17. The highest BCUT2D eigenvalue weighted by Gasteiger charge is 1.94. The molecule has 0 aromatic rings. The maximum absolute atomic E-state index is 9.12. The molecule has 0 rings (SSSR count). The normalized spacial score (nSPS) is 13.3. The van der Waals surface area contributed by atoms with Crippen molar-refractivity contribution in [2.45, 2.75) is 97.0 Å². The van der Waals surface area contributed by atoms with E-state index in [-0.39, 0.29) is 6.10 Å². The van der Waals surface area contributed by atoms with Gasteiger partial charge in [0.25, 0.3) is 0 Å². The van der Waals surface area contributed by atoms with Gasteiger partial charge in [-0.05, 0) is 52.0 Å². The Kier molecular flexibility index (Phi) is 18.9. The van der Waals surface area contributed by atoms with Gasteiger partial charge in [0, 0.05) is 6.54 Å². The molecule has 0 radical (unpaired) electrons. The maximum Gasteiger partial charge on any atom is 0.0636 e. The Balaban J connectivity index is 3.13. The summed E-state index contributed by atoms with van der Waals surface area (Å²) in [5.41, 5.74) is 0. The second-order valence-corrected chi connectivity index (χ2v) is 6.64. The summed E-state index contributed by atoms with van der Waals surface area (Å²) in [5, 5.41) is 12.4. The third-order valence-electron chi connectivity index (χ3n) is 3.99. The van der Waals surface area contributed by atoms with E-state index in [0.29, 0.717) is 0 Å². The summed E-state index contributed by atoms with van der Waals surface area (Å²) in [6, 6.07) is 0. The van der Waals surface area contributed by atoms with Crippen molar-refractivity contribution in [1.82, 2.24) is 5.32 Å². The van der Waals surface area contributed by atoms with Crippen molar-refractivity contribution in [1.29, 1.82) is 0 Å². The van der Waals surface area contributed by atoms with Crippen LogP contribution in [0, 0.1) is 0 Å². The van der Waals surface area contributed by atoms with Crippen LogP contribution in [0.15, 0.2) is 24.3 Å². The number of hydrogen-bond acceptors (Lipinski definition) is 2. The quantitative estimate of drug-likeness (QED) is 0.263. The predicted molar refractivity (Wildman–Crippen MR) is 104 cm³/mol. The van der Waals surface area contributed by atoms with Crippen LogP contribution >= 0.6 is 0 Å². The average molecular weight is 324 g/mol. The van der Waals surface area contributed by atoms with E-state index < -0.39 is 0 Å². The molecule has 0 aliphatic carbocycles. The van der Waals surface area contributed by atoms with E-state index in [1.165, 1.54) is 70.6 Å². The van der Waals surface area contributed by atoms with E-state index >= 15 is 0 Å². The van der Waals surface area contributed by atoms with Gasteiger partial charge >= 0.3 is 0 Å². The average Bonchev–Trinajstić information content (AvgIpc) is 2.53. The summed E-state index contributed by atoms with van der Waals surface area (Å²) < 4.78 is 0. The first-order valence-electron chi connectivity index (χ1n) is 9.96. The van der Waals surface area contributed by atoms with E-state index in [4.69, 9.17) is 5.11 Å². The van der Waals surface area contributed by atoms with Crippen molar-refractivity contribution in [2.75, 3.05) is 13.1 Å². The summed E-state index contributed by atoms with van der Waals surface area (Å²) in [7, 11) is 0. The number of aliphatic hydroxyl groups excluding tert-OH is 1.